The molecule has 0 aliphatic heterocycles. The number of rotatable bonds is 8. The summed E-state index contributed by atoms with van der Waals surface area (Å²) in [6.07, 6.45) is 4.94. The van der Waals surface area contributed by atoms with Gasteiger partial charge in [-0.3, -0.25) is 14.3 Å². The molecule has 1 aliphatic rings. The van der Waals surface area contributed by atoms with Crippen molar-refractivity contribution in [1.29, 1.82) is 0 Å². The molecular formula is C22H23NO6S. The largest absolute Gasteiger partial charge is 0.478 e. The van der Waals surface area contributed by atoms with Gasteiger partial charge in [0.2, 0.25) is 5.78 Å². The van der Waals surface area contributed by atoms with E-state index in [1.54, 1.807) is 44.2 Å². The molecule has 1 aromatic rings. The zero-order chi connectivity index (χ0) is 22.5. The first-order chi connectivity index (χ1) is 14.1. The Hall–Kier alpha value is -3.10. The molecule has 0 fully saturated rings. The van der Waals surface area contributed by atoms with Gasteiger partial charge in [-0.1, -0.05) is 42.5 Å². The third-order valence-electron chi connectivity index (χ3n) is 4.55. The predicted octanol–water partition coefficient (Wildman–Crippen LogP) is 3.60. The van der Waals surface area contributed by atoms with Gasteiger partial charge in [-0.15, -0.1) is 0 Å². The number of carbonyl (C=O) groups excluding carboxylic acids is 1. The third-order valence-corrected chi connectivity index (χ3v) is 5.52. The molecule has 0 radical (unpaired) electrons. The minimum absolute atomic E-state index is 0.0615. The van der Waals surface area contributed by atoms with Gasteiger partial charge >= 0.3 is 5.97 Å². The maximum absolute atomic E-state index is 12.5. The first-order valence-corrected chi connectivity index (χ1v) is 10.6. The second-order valence-corrected chi connectivity index (χ2v) is 8.12. The highest BCUT2D eigenvalue weighted by atomic mass is 32.2. The molecule has 1 aliphatic carbocycles. The summed E-state index contributed by atoms with van der Waals surface area (Å²) in [7, 11) is -4.43. The van der Waals surface area contributed by atoms with Crippen LogP contribution in [0.2, 0.25) is 0 Å². The fourth-order valence-electron chi connectivity index (χ4n) is 2.88. The molecule has 1 aromatic carbocycles. The van der Waals surface area contributed by atoms with E-state index in [1.165, 1.54) is 12.2 Å². The lowest BCUT2D eigenvalue weighted by Crippen LogP contribution is -2.26. The zero-order valence-electron chi connectivity index (χ0n) is 16.8. The van der Waals surface area contributed by atoms with Gasteiger partial charge in [0.15, 0.2) is 0 Å². The average molecular weight is 429 g/mol. The van der Waals surface area contributed by atoms with E-state index in [1.807, 2.05) is 0 Å². The minimum atomic E-state index is -4.43. The van der Waals surface area contributed by atoms with Gasteiger partial charge in [0.05, 0.1) is 4.91 Å². The van der Waals surface area contributed by atoms with E-state index in [2.05, 4.69) is 11.6 Å². The highest BCUT2D eigenvalue weighted by Gasteiger charge is 2.29. The second-order valence-electron chi connectivity index (χ2n) is 6.73. The molecule has 2 rings (SSSR count). The number of allylic oxidation sites excluding steroid dienone is 4. The Bertz CT molecular complexity index is 1120. The van der Waals surface area contributed by atoms with Crippen molar-refractivity contribution >= 4 is 33.7 Å². The number of benzene rings is 1. The Balaban J connectivity index is 2.19. The van der Waals surface area contributed by atoms with Crippen LogP contribution >= 0.6 is 0 Å². The van der Waals surface area contributed by atoms with E-state index < -0.39 is 21.9 Å². The molecule has 2 N–H and O–H groups in total. The molecule has 0 bridgehead atoms. The van der Waals surface area contributed by atoms with Crippen LogP contribution in [-0.4, -0.2) is 42.1 Å². The fourth-order valence-corrected chi connectivity index (χ4v) is 3.68. The number of hydrogen-bond donors (Lipinski definition) is 2. The predicted molar refractivity (Wildman–Crippen MR) is 116 cm³/mol. The quantitative estimate of drug-likeness (QED) is 0.282. The molecule has 0 heterocycles. The number of carboxylic acids is 1. The van der Waals surface area contributed by atoms with E-state index in [4.69, 9.17) is 0 Å². The van der Waals surface area contributed by atoms with Gasteiger partial charge in [0.25, 0.3) is 10.1 Å². The first kappa shape index (κ1) is 23.2. The molecule has 30 heavy (non-hydrogen) atoms. The summed E-state index contributed by atoms with van der Waals surface area (Å²) in [6.45, 7) is 7.34. The summed E-state index contributed by atoms with van der Waals surface area (Å²) in [5, 5.41) is 9.28. The van der Waals surface area contributed by atoms with Crippen molar-refractivity contribution in [3.63, 3.8) is 0 Å². The van der Waals surface area contributed by atoms with Crippen LogP contribution in [0.25, 0.3) is 6.08 Å². The van der Waals surface area contributed by atoms with Crippen LogP contribution < -0.4 is 0 Å². The summed E-state index contributed by atoms with van der Waals surface area (Å²) in [6, 6.07) is 6.87. The number of Topliss-reactive ketones (excluding diaryl/α,β-unsaturated/α-hetero) is 1. The van der Waals surface area contributed by atoms with Gasteiger partial charge in [0, 0.05) is 12.1 Å². The molecule has 158 valence electrons. The van der Waals surface area contributed by atoms with Crippen molar-refractivity contribution in [2.45, 2.75) is 26.7 Å². The lowest BCUT2D eigenvalue weighted by atomic mass is 9.89. The number of carbonyl (C=O) groups is 2. The van der Waals surface area contributed by atoms with Gasteiger partial charge in [-0.2, -0.15) is 8.42 Å². The van der Waals surface area contributed by atoms with Crippen molar-refractivity contribution < 1.29 is 27.7 Å². The number of aliphatic imine (C=N–C) groups is 1. The van der Waals surface area contributed by atoms with Crippen LogP contribution in [-0.2, 0) is 19.7 Å². The number of hydrogen-bond acceptors (Lipinski definition) is 5. The van der Waals surface area contributed by atoms with E-state index in [-0.39, 0.29) is 34.7 Å². The number of fused-ring (bicyclic) bond motifs is 1. The van der Waals surface area contributed by atoms with E-state index in [0.29, 0.717) is 23.1 Å². The topological polar surface area (TPSA) is 121 Å². The SMILES string of the molecule is C=C(CCCN=C1C(=O)C(C(=O)O)=Cc2ccccc21)/C(=C\C(C)=C/C)S(=O)(=O)O. The Morgan fingerprint density at radius 3 is 2.53 bits per heavy atom. The maximum atomic E-state index is 12.5. The maximum Gasteiger partial charge on any atom is 0.339 e. The van der Waals surface area contributed by atoms with E-state index >= 15 is 0 Å². The minimum Gasteiger partial charge on any atom is -0.478 e. The highest BCUT2D eigenvalue weighted by molar-refractivity contribution is 7.90. The normalized spacial score (nSPS) is 16.3. The Morgan fingerprint density at radius 2 is 1.93 bits per heavy atom. The number of nitrogens with zero attached hydrogens (tertiary/aromatic N) is 1. The summed E-state index contributed by atoms with van der Waals surface area (Å²) >= 11 is 0. The first-order valence-electron chi connectivity index (χ1n) is 9.20. The van der Waals surface area contributed by atoms with Crippen molar-refractivity contribution in [3.05, 3.63) is 75.7 Å². The molecule has 7 nitrogen and oxygen atoms in total. The van der Waals surface area contributed by atoms with Crippen molar-refractivity contribution in [1.82, 2.24) is 0 Å². The average Bonchev–Trinajstić information content (AvgIpc) is 2.68. The van der Waals surface area contributed by atoms with Crippen LogP contribution in [0, 0.1) is 0 Å². The highest BCUT2D eigenvalue weighted by Crippen LogP contribution is 2.24. The summed E-state index contributed by atoms with van der Waals surface area (Å²) < 4.78 is 32.8. The van der Waals surface area contributed by atoms with E-state index in [9.17, 15) is 27.7 Å². The Kier molecular flexibility index (Phi) is 7.42. The van der Waals surface area contributed by atoms with Gasteiger partial charge in [0.1, 0.15) is 11.3 Å². The van der Waals surface area contributed by atoms with Crippen molar-refractivity contribution in [3.8, 4) is 0 Å². The smallest absolute Gasteiger partial charge is 0.339 e. The molecule has 0 spiro atoms. The Morgan fingerprint density at radius 1 is 1.27 bits per heavy atom. The van der Waals surface area contributed by atoms with Crippen molar-refractivity contribution in [2.24, 2.45) is 4.99 Å². The van der Waals surface area contributed by atoms with Gasteiger partial charge in [-0.25, -0.2) is 4.79 Å². The number of ketones is 1. The van der Waals surface area contributed by atoms with Crippen LogP contribution in [0.1, 0.15) is 37.8 Å². The number of aliphatic carboxylic acids is 1. The fraction of sp³-hybridized carbons (Fsp3) is 0.227. The molecular weight excluding hydrogens is 406 g/mol. The van der Waals surface area contributed by atoms with Crippen molar-refractivity contribution in [2.75, 3.05) is 6.54 Å². The third kappa shape index (κ3) is 5.49. The molecule has 8 heteroatoms. The van der Waals surface area contributed by atoms with Crippen LogP contribution in [0.5, 0.6) is 0 Å². The number of carboxylic acid groups (broad SMARTS) is 1. The monoisotopic (exact) mass is 429 g/mol. The lowest BCUT2D eigenvalue weighted by molar-refractivity contribution is -0.133. The molecule has 0 aromatic heterocycles. The molecule has 0 saturated carbocycles. The summed E-state index contributed by atoms with van der Waals surface area (Å²) in [5.74, 6) is -1.99. The summed E-state index contributed by atoms with van der Waals surface area (Å²) in [5.41, 5.74) is 1.73. The molecule has 0 unspecified atom stereocenters. The van der Waals surface area contributed by atoms with Gasteiger partial charge in [-0.05, 0) is 50.0 Å². The molecule has 0 atom stereocenters. The van der Waals surface area contributed by atoms with Crippen LogP contribution in [0.4, 0.5) is 0 Å². The van der Waals surface area contributed by atoms with Crippen LogP contribution in [0.15, 0.2) is 69.6 Å². The molecule has 0 saturated heterocycles. The second kappa shape index (κ2) is 9.60. The van der Waals surface area contributed by atoms with Gasteiger partial charge < -0.3 is 5.11 Å². The Labute approximate surface area is 175 Å². The summed E-state index contributed by atoms with van der Waals surface area (Å²) in [4.78, 5) is 27.9. The lowest BCUT2D eigenvalue weighted by Gasteiger charge is -2.15. The van der Waals surface area contributed by atoms with E-state index in [0.717, 1.165) is 0 Å². The van der Waals surface area contributed by atoms with Crippen LogP contribution in [0.3, 0.4) is 0 Å². The zero-order valence-corrected chi connectivity index (χ0v) is 17.6. The standard InChI is InChI=1S/C22H23NO6S/c1-4-14(2)12-19(30(27,28)29)15(3)8-7-11-23-20-17-10-6-5-9-16(17)13-18(21(20)24)22(25)26/h4-6,9-10,12-13H,3,7-8,11H2,1-2H3,(H,25,26)(H,27,28,29)/b14-4-,19-12+,23-20?. The molecule has 0 amide bonds.